The number of nitrogens with zero attached hydrogens (tertiary/aromatic N) is 1. The van der Waals surface area contributed by atoms with Crippen LogP contribution in [0.4, 0.5) is 11.4 Å². The number of hydrogen-bond acceptors (Lipinski definition) is 7. The maximum Gasteiger partial charge on any atom is 0.292 e. The number of hydrogen-bond donors (Lipinski definition) is 1. The molecule has 100 valence electrons. The molecule has 18 heavy (non-hydrogen) atoms. The predicted molar refractivity (Wildman–Crippen MR) is 69.0 cm³/mol. The summed E-state index contributed by atoms with van der Waals surface area (Å²) in [7, 11) is -3.43. The molecule has 0 spiro atoms. The fourth-order valence-corrected chi connectivity index (χ4v) is 2.40. The molecular weight excluding hydrogens is 280 g/mol. The summed E-state index contributed by atoms with van der Waals surface area (Å²) in [5.74, 6) is 0.407. The van der Waals surface area contributed by atoms with Gasteiger partial charge in [0.05, 0.1) is 17.8 Å². The van der Waals surface area contributed by atoms with Gasteiger partial charge < -0.3 is 5.73 Å². The Labute approximate surface area is 109 Å². The molecule has 0 heterocycles. The van der Waals surface area contributed by atoms with Crippen LogP contribution in [0.1, 0.15) is 0 Å². The van der Waals surface area contributed by atoms with E-state index in [1.165, 1.54) is 23.9 Å². The fraction of sp³-hybridized carbons (Fsp3) is 0.333. The highest BCUT2D eigenvalue weighted by atomic mass is 32.2. The Balaban J connectivity index is 2.54. The zero-order valence-corrected chi connectivity index (χ0v) is 11.2. The van der Waals surface area contributed by atoms with Crippen LogP contribution in [0.3, 0.4) is 0 Å². The Morgan fingerprint density at radius 3 is 2.67 bits per heavy atom. The molecule has 0 fully saturated rings. The number of rotatable bonds is 6. The molecule has 2 N–H and O–H groups in total. The summed E-state index contributed by atoms with van der Waals surface area (Å²) >= 11 is 1.30. The van der Waals surface area contributed by atoms with Gasteiger partial charge in [0.1, 0.15) is 5.69 Å². The second-order valence-electron chi connectivity index (χ2n) is 3.35. The van der Waals surface area contributed by atoms with Gasteiger partial charge in [-0.2, -0.15) is 8.42 Å². The van der Waals surface area contributed by atoms with Crippen LogP contribution in [0.5, 0.6) is 0 Å². The minimum Gasteiger partial charge on any atom is -0.393 e. The monoisotopic (exact) mass is 292 g/mol. The minimum atomic E-state index is -3.43. The second kappa shape index (κ2) is 6.03. The first-order valence-electron chi connectivity index (χ1n) is 4.81. The van der Waals surface area contributed by atoms with Gasteiger partial charge in [-0.25, -0.2) is 0 Å². The number of nitrogen functional groups attached to an aromatic ring is 1. The molecule has 1 aromatic rings. The maximum atomic E-state index is 10.7. The zero-order valence-electron chi connectivity index (χ0n) is 9.53. The molecule has 0 unspecified atom stereocenters. The molecule has 0 aliphatic carbocycles. The molecule has 0 saturated heterocycles. The smallest absolute Gasteiger partial charge is 0.292 e. The second-order valence-corrected chi connectivity index (χ2v) is 6.16. The van der Waals surface area contributed by atoms with E-state index >= 15 is 0 Å². The van der Waals surface area contributed by atoms with Crippen molar-refractivity contribution in [3.63, 3.8) is 0 Å². The first-order chi connectivity index (χ1) is 8.29. The highest BCUT2D eigenvalue weighted by Gasteiger charge is 2.11. The van der Waals surface area contributed by atoms with Gasteiger partial charge in [-0.15, -0.1) is 11.8 Å². The van der Waals surface area contributed by atoms with E-state index in [0.717, 1.165) is 11.2 Å². The molecule has 0 aliphatic rings. The first kappa shape index (κ1) is 14.7. The molecule has 1 aromatic carbocycles. The Hall–Kier alpha value is -1.32. The lowest BCUT2D eigenvalue weighted by atomic mass is 10.3. The average molecular weight is 292 g/mol. The van der Waals surface area contributed by atoms with E-state index < -0.39 is 15.0 Å². The topological polar surface area (TPSA) is 113 Å². The van der Waals surface area contributed by atoms with Gasteiger partial charge in [0.2, 0.25) is 0 Å². The predicted octanol–water partition coefficient (Wildman–Crippen LogP) is 1.25. The number of nitro benzene ring substituents is 1. The van der Waals surface area contributed by atoms with Crippen molar-refractivity contribution in [2.75, 3.05) is 24.3 Å². The van der Waals surface area contributed by atoms with Gasteiger partial charge in [-0.1, -0.05) is 0 Å². The summed E-state index contributed by atoms with van der Waals surface area (Å²) < 4.78 is 25.9. The van der Waals surface area contributed by atoms with Gasteiger partial charge in [-0.05, 0) is 12.1 Å². The Morgan fingerprint density at radius 2 is 2.17 bits per heavy atom. The largest absolute Gasteiger partial charge is 0.393 e. The first-order valence-corrected chi connectivity index (χ1v) is 7.61. The van der Waals surface area contributed by atoms with E-state index in [2.05, 4.69) is 4.18 Å². The van der Waals surface area contributed by atoms with E-state index in [4.69, 9.17) is 5.73 Å². The average Bonchev–Trinajstić information content (AvgIpc) is 2.22. The normalized spacial score (nSPS) is 11.4. The van der Waals surface area contributed by atoms with Crippen molar-refractivity contribution in [3.8, 4) is 0 Å². The zero-order chi connectivity index (χ0) is 13.8. The Kier molecular flexibility index (Phi) is 4.93. The molecule has 0 saturated carbocycles. The highest BCUT2D eigenvalue weighted by molar-refractivity contribution is 7.99. The molecule has 9 heteroatoms. The van der Waals surface area contributed by atoms with Gasteiger partial charge >= 0.3 is 0 Å². The van der Waals surface area contributed by atoms with Gasteiger partial charge in [0.15, 0.2) is 0 Å². The lowest BCUT2D eigenvalue weighted by Gasteiger charge is -2.03. The van der Waals surface area contributed by atoms with Crippen LogP contribution >= 0.6 is 11.8 Å². The van der Waals surface area contributed by atoms with E-state index in [1.54, 1.807) is 6.07 Å². The summed E-state index contributed by atoms with van der Waals surface area (Å²) in [5.41, 5.74) is 5.44. The molecule has 0 atom stereocenters. The molecule has 0 aliphatic heterocycles. The molecule has 7 nitrogen and oxygen atoms in total. The summed E-state index contributed by atoms with van der Waals surface area (Å²) in [4.78, 5) is 10.7. The van der Waals surface area contributed by atoms with Crippen molar-refractivity contribution >= 4 is 33.3 Å². The van der Waals surface area contributed by atoms with Crippen LogP contribution in [0, 0.1) is 10.1 Å². The van der Waals surface area contributed by atoms with Crippen LogP contribution in [-0.2, 0) is 14.3 Å². The minimum absolute atomic E-state index is 0.0421. The van der Waals surface area contributed by atoms with Crippen molar-refractivity contribution in [1.82, 2.24) is 0 Å². The van der Waals surface area contributed by atoms with Gasteiger partial charge in [0.25, 0.3) is 15.8 Å². The number of nitrogens with two attached hydrogens (primary N) is 1. The third-order valence-electron chi connectivity index (χ3n) is 1.85. The van der Waals surface area contributed by atoms with Gasteiger partial charge in [-0.3, -0.25) is 14.3 Å². The third-order valence-corrected chi connectivity index (χ3v) is 3.40. The maximum absolute atomic E-state index is 10.7. The molecule has 0 aromatic heterocycles. The number of nitro groups is 1. The van der Waals surface area contributed by atoms with Crippen molar-refractivity contribution in [2.24, 2.45) is 0 Å². The van der Waals surface area contributed by atoms with Crippen LogP contribution < -0.4 is 5.73 Å². The van der Waals surface area contributed by atoms with Crippen molar-refractivity contribution in [2.45, 2.75) is 4.90 Å². The van der Waals surface area contributed by atoms with Gasteiger partial charge in [0, 0.05) is 16.7 Å². The molecule has 1 rings (SSSR count). The fourth-order valence-electron chi connectivity index (χ4n) is 1.13. The summed E-state index contributed by atoms with van der Waals surface area (Å²) in [6, 6.07) is 4.35. The van der Waals surface area contributed by atoms with Crippen molar-refractivity contribution in [1.29, 1.82) is 0 Å². The van der Waals surface area contributed by atoms with Crippen LogP contribution in [0.2, 0.25) is 0 Å². The lowest BCUT2D eigenvalue weighted by molar-refractivity contribution is -0.383. The van der Waals surface area contributed by atoms with Crippen molar-refractivity contribution in [3.05, 3.63) is 28.3 Å². The third kappa shape index (κ3) is 4.90. The SMILES string of the molecule is CS(=O)(=O)OCCSc1ccc([N+](=O)[O-])c(N)c1. The van der Waals surface area contributed by atoms with E-state index in [-0.39, 0.29) is 18.0 Å². The number of thioether (sulfide) groups is 1. The number of benzene rings is 1. The van der Waals surface area contributed by atoms with Crippen LogP contribution in [-0.4, -0.2) is 32.0 Å². The Bertz CT molecular complexity index is 544. The van der Waals surface area contributed by atoms with E-state index in [1.807, 2.05) is 0 Å². The van der Waals surface area contributed by atoms with E-state index in [9.17, 15) is 18.5 Å². The molecule has 0 bridgehead atoms. The summed E-state index contributed by atoms with van der Waals surface area (Å²) in [6.07, 6.45) is 0.974. The summed E-state index contributed by atoms with van der Waals surface area (Å²) in [6.45, 7) is 0.0421. The molecule has 0 amide bonds. The standard InChI is InChI=1S/C9H12N2O5S2/c1-18(14,15)16-4-5-17-7-2-3-9(11(12)13)8(10)6-7/h2-3,6H,4-5,10H2,1H3. The highest BCUT2D eigenvalue weighted by Crippen LogP contribution is 2.27. The number of anilines is 1. The quantitative estimate of drug-likeness (QED) is 0.209. The lowest BCUT2D eigenvalue weighted by Crippen LogP contribution is -2.05. The molecule has 0 radical (unpaired) electrons. The van der Waals surface area contributed by atoms with E-state index in [0.29, 0.717) is 5.75 Å². The van der Waals surface area contributed by atoms with Crippen molar-refractivity contribution < 1.29 is 17.5 Å². The Morgan fingerprint density at radius 1 is 1.50 bits per heavy atom. The van der Waals surface area contributed by atoms with Crippen LogP contribution in [0.25, 0.3) is 0 Å². The van der Waals surface area contributed by atoms with Crippen LogP contribution in [0.15, 0.2) is 23.1 Å². The molecular formula is C9H12N2O5S2. The summed E-state index contributed by atoms with van der Waals surface area (Å²) in [5, 5.41) is 10.5.